The van der Waals surface area contributed by atoms with Gasteiger partial charge in [-0.1, -0.05) is 31.3 Å². The Morgan fingerprint density at radius 3 is 2.88 bits per heavy atom. The molecule has 0 bridgehead atoms. The molecular weight excluding hydrogens is 348 g/mol. The fraction of sp³-hybridized carbons (Fsp3) is 0.235. The fourth-order valence-electron chi connectivity index (χ4n) is 2.99. The second-order valence-corrected chi connectivity index (χ2v) is 7.42. The van der Waals surface area contributed by atoms with E-state index in [0.29, 0.717) is 11.7 Å². The fourth-order valence-corrected chi connectivity index (χ4v) is 3.79. The molecular formula is C17H16N8S. The van der Waals surface area contributed by atoms with Crippen LogP contribution < -0.4 is 0 Å². The van der Waals surface area contributed by atoms with E-state index in [1.54, 1.807) is 4.52 Å². The van der Waals surface area contributed by atoms with Crippen LogP contribution in [0.15, 0.2) is 30.5 Å². The summed E-state index contributed by atoms with van der Waals surface area (Å²) in [5.41, 5.74) is 4.58. The lowest BCUT2D eigenvalue weighted by Gasteiger charge is -1.99. The van der Waals surface area contributed by atoms with Gasteiger partial charge in [-0.15, -0.1) is 10.2 Å². The number of H-pyrrole nitrogens is 1. The smallest absolute Gasteiger partial charge is 0.235 e. The van der Waals surface area contributed by atoms with Gasteiger partial charge in [0, 0.05) is 11.9 Å². The van der Waals surface area contributed by atoms with Gasteiger partial charge in [-0.25, -0.2) is 4.98 Å². The average Bonchev–Trinajstić information content (AvgIpc) is 3.36. The Bertz CT molecular complexity index is 1240. The van der Waals surface area contributed by atoms with Crippen LogP contribution in [0.3, 0.4) is 0 Å². The van der Waals surface area contributed by atoms with Gasteiger partial charge in [0.1, 0.15) is 17.0 Å². The molecule has 0 aromatic carbocycles. The number of nitrogens with zero attached hydrogens (tertiary/aromatic N) is 7. The highest BCUT2D eigenvalue weighted by Crippen LogP contribution is 2.29. The van der Waals surface area contributed by atoms with Crippen LogP contribution in [0.25, 0.3) is 32.8 Å². The molecule has 1 N–H and O–H groups in total. The van der Waals surface area contributed by atoms with Crippen molar-refractivity contribution in [3.05, 3.63) is 41.9 Å². The molecule has 5 aromatic rings. The van der Waals surface area contributed by atoms with Gasteiger partial charge in [0.15, 0.2) is 5.01 Å². The molecule has 130 valence electrons. The summed E-state index contributed by atoms with van der Waals surface area (Å²) < 4.78 is 3.78. The van der Waals surface area contributed by atoms with Gasteiger partial charge in [-0.3, -0.25) is 9.50 Å². The number of aromatic amines is 1. The molecule has 5 heterocycles. The summed E-state index contributed by atoms with van der Waals surface area (Å²) in [4.78, 5) is 5.33. The number of hydrogen-bond acceptors (Lipinski definition) is 6. The normalized spacial score (nSPS) is 12.0. The predicted octanol–water partition coefficient (Wildman–Crippen LogP) is 3.32. The quantitative estimate of drug-likeness (QED) is 0.530. The minimum absolute atomic E-state index is 0.387. The Kier molecular flexibility index (Phi) is 3.20. The molecule has 0 amide bonds. The Morgan fingerprint density at radius 2 is 2.08 bits per heavy atom. The first-order chi connectivity index (χ1) is 12.6. The predicted molar refractivity (Wildman–Crippen MR) is 99.3 cm³/mol. The van der Waals surface area contributed by atoms with Crippen LogP contribution in [0.4, 0.5) is 0 Å². The summed E-state index contributed by atoms with van der Waals surface area (Å²) >= 11 is 1.47. The van der Waals surface area contributed by atoms with Crippen molar-refractivity contribution in [1.82, 2.24) is 39.4 Å². The summed E-state index contributed by atoms with van der Waals surface area (Å²) in [5, 5.41) is 21.6. The van der Waals surface area contributed by atoms with E-state index >= 15 is 0 Å². The Balaban J connectivity index is 1.67. The third kappa shape index (κ3) is 2.17. The van der Waals surface area contributed by atoms with Crippen LogP contribution in [0.5, 0.6) is 0 Å². The standard InChI is InChI=1S/C17H16N8S/c1-9(2)11-8-12(20-19-11)16-23-25-15(21-22-17(25)26-16)14-10(3)18-13-6-4-5-7-24(13)14/h4-9H,1-3H3,(H,19,20). The third-order valence-electron chi connectivity index (χ3n) is 4.35. The van der Waals surface area contributed by atoms with Crippen molar-refractivity contribution in [2.45, 2.75) is 26.7 Å². The lowest BCUT2D eigenvalue weighted by Crippen LogP contribution is -1.96. The largest absolute Gasteiger partial charge is 0.297 e. The molecule has 26 heavy (non-hydrogen) atoms. The van der Waals surface area contributed by atoms with E-state index in [9.17, 15) is 0 Å². The van der Waals surface area contributed by atoms with Crippen molar-refractivity contribution in [2.75, 3.05) is 0 Å². The van der Waals surface area contributed by atoms with Gasteiger partial charge >= 0.3 is 0 Å². The molecule has 9 heteroatoms. The van der Waals surface area contributed by atoms with Gasteiger partial charge in [-0.2, -0.15) is 14.7 Å². The van der Waals surface area contributed by atoms with Crippen LogP contribution in [-0.4, -0.2) is 39.4 Å². The number of aryl methyl sites for hydroxylation is 1. The summed E-state index contributed by atoms with van der Waals surface area (Å²) in [6.07, 6.45) is 1.97. The molecule has 0 aliphatic carbocycles. The molecule has 0 unspecified atom stereocenters. The molecule has 5 rings (SSSR count). The van der Waals surface area contributed by atoms with E-state index in [-0.39, 0.29) is 0 Å². The van der Waals surface area contributed by atoms with E-state index in [0.717, 1.165) is 38.4 Å². The highest BCUT2D eigenvalue weighted by molar-refractivity contribution is 7.19. The van der Waals surface area contributed by atoms with Gasteiger partial charge < -0.3 is 0 Å². The number of nitrogens with one attached hydrogen (secondary N) is 1. The molecule has 0 fully saturated rings. The number of imidazole rings is 1. The van der Waals surface area contributed by atoms with Gasteiger partial charge in [0.25, 0.3) is 0 Å². The lowest BCUT2D eigenvalue weighted by atomic mass is 10.1. The van der Waals surface area contributed by atoms with Gasteiger partial charge in [0.05, 0.1) is 5.69 Å². The van der Waals surface area contributed by atoms with Crippen LogP contribution >= 0.6 is 11.3 Å². The van der Waals surface area contributed by atoms with Gasteiger partial charge in [-0.05, 0) is 31.0 Å². The first-order valence-corrected chi connectivity index (χ1v) is 9.15. The molecule has 8 nitrogen and oxygen atoms in total. The van der Waals surface area contributed by atoms with Crippen molar-refractivity contribution in [3.63, 3.8) is 0 Å². The van der Waals surface area contributed by atoms with Crippen LogP contribution in [0, 0.1) is 6.92 Å². The maximum Gasteiger partial charge on any atom is 0.235 e. The monoisotopic (exact) mass is 364 g/mol. The van der Waals surface area contributed by atoms with E-state index < -0.39 is 0 Å². The SMILES string of the molecule is Cc1nc2ccccn2c1-c1nnc2sc(-c3cc(C(C)C)[nH]n3)nn12. The van der Waals surface area contributed by atoms with Crippen molar-refractivity contribution in [3.8, 4) is 22.2 Å². The Morgan fingerprint density at radius 1 is 1.19 bits per heavy atom. The molecule has 0 saturated heterocycles. The van der Waals surface area contributed by atoms with Crippen molar-refractivity contribution >= 4 is 21.9 Å². The summed E-state index contributed by atoms with van der Waals surface area (Å²) in [7, 11) is 0. The van der Waals surface area contributed by atoms with Crippen molar-refractivity contribution < 1.29 is 0 Å². The molecule has 5 aromatic heterocycles. The minimum Gasteiger partial charge on any atom is -0.297 e. The Labute approximate surface area is 152 Å². The molecule has 0 aliphatic rings. The van der Waals surface area contributed by atoms with Crippen LogP contribution in [-0.2, 0) is 0 Å². The molecule has 0 radical (unpaired) electrons. The first kappa shape index (κ1) is 15.2. The highest BCUT2D eigenvalue weighted by atomic mass is 32.1. The summed E-state index contributed by atoms with van der Waals surface area (Å²) in [5.74, 6) is 1.07. The maximum atomic E-state index is 4.71. The van der Waals surface area contributed by atoms with E-state index in [4.69, 9.17) is 5.10 Å². The van der Waals surface area contributed by atoms with Crippen molar-refractivity contribution in [2.24, 2.45) is 0 Å². The second-order valence-electron chi connectivity index (χ2n) is 6.46. The first-order valence-electron chi connectivity index (χ1n) is 8.34. The number of aromatic nitrogens is 8. The number of hydrogen-bond donors (Lipinski definition) is 1. The lowest BCUT2D eigenvalue weighted by molar-refractivity contribution is 0.810. The molecule has 0 aliphatic heterocycles. The summed E-state index contributed by atoms with van der Waals surface area (Å²) in [6.45, 7) is 6.22. The van der Waals surface area contributed by atoms with E-state index in [1.165, 1.54) is 11.3 Å². The molecule has 0 spiro atoms. The zero-order valence-corrected chi connectivity index (χ0v) is 15.3. The number of fused-ring (bicyclic) bond motifs is 2. The number of pyridine rings is 1. The van der Waals surface area contributed by atoms with E-state index in [2.05, 4.69) is 39.2 Å². The molecule has 0 atom stereocenters. The zero-order valence-electron chi connectivity index (χ0n) is 14.5. The maximum absolute atomic E-state index is 4.71. The van der Waals surface area contributed by atoms with Crippen LogP contribution in [0.1, 0.15) is 31.2 Å². The summed E-state index contributed by atoms with van der Waals surface area (Å²) in [6, 6.07) is 7.95. The number of rotatable bonds is 3. The average molecular weight is 364 g/mol. The Hall–Kier alpha value is -3.07. The molecule has 0 saturated carbocycles. The zero-order chi connectivity index (χ0) is 17.8. The van der Waals surface area contributed by atoms with Crippen LogP contribution in [0.2, 0.25) is 0 Å². The van der Waals surface area contributed by atoms with E-state index in [1.807, 2.05) is 41.8 Å². The second kappa shape index (κ2) is 5.46. The van der Waals surface area contributed by atoms with Crippen molar-refractivity contribution in [1.29, 1.82) is 0 Å². The van der Waals surface area contributed by atoms with Gasteiger partial charge in [0.2, 0.25) is 10.8 Å². The topological polar surface area (TPSA) is 89.1 Å². The minimum atomic E-state index is 0.387. The highest BCUT2D eigenvalue weighted by Gasteiger charge is 2.20. The third-order valence-corrected chi connectivity index (χ3v) is 5.27.